The monoisotopic (exact) mass is 529 g/mol. The van der Waals surface area contributed by atoms with E-state index in [0.717, 1.165) is 0 Å². The van der Waals surface area contributed by atoms with Crippen molar-refractivity contribution in [3.63, 3.8) is 0 Å². The number of rotatable bonds is 12. The Balaban J connectivity index is 1.49. The normalized spacial score (nSPS) is 11.3. The molecule has 3 aromatic carbocycles. The molecule has 0 aromatic heterocycles. The summed E-state index contributed by atoms with van der Waals surface area (Å²) in [6.45, 7) is 0. The molecule has 7 nitrogen and oxygen atoms in total. The third kappa shape index (κ3) is 8.00. The number of methoxy groups -OCH3 is 1. The minimum atomic E-state index is -1.03. The number of carbonyl (C=O) groups excluding carboxylic acids is 3. The van der Waals surface area contributed by atoms with Crippen LogP contribution in [0.2, 0.25) is 5.02 Å². The molecule has 0 spiro atoms. The van der Waals surface area contributed by atoms with Crippen LogP contribution < -0.4 is 14.8 Å². The summed E-state index contributed by atoms with van der Waals surface area (Å²) in [4.78, 5) is 37.3. The Hall–Kier alpha value is -3.55. The van der Waals surface area contributed by atoms with Crippen LogP contribution in [0.15, 0.2) is 72.8 Å². The molecule has 0 aliphatic rings. The van der Waals surface area contributed by atoms with E-state index < -0.39 is 12.1 Å². The van der Waals surface area contributed by atoms with E-state index in [1.165, 1.54) is 0 Å². The first-order valence-corrected chi connectivity index (χ1v) is 12.1. The molecule has 0 heterocycles. The van der Waals surface area contributed by atoms with Gasteiger partial charge in [-0.15, -0.1) is 11.6 Å². The molecule has 0 aliphatic heterocycles. The molecule has 0 saturated heterocycles. The van der Waals surface area contributed by atoms with Gasteiger partial charge < -0.3 is 19.5 Å². The van der Waals surface area contributed by atoms with Crippen molar-refractivity contribution in [1.29, 1.82) is 0 Å². The predicted octanol–water partition coefficient (Wildman–Crippen LogP) is 6.28. The first-order chi connectivity index (χ1) is 17.4. The van der Waals surface area contributed by atoms with Gasteiger partial charge >= 0.3 is 5.97 Å². The average Bonchev–Trinajstić information content (AvgIpc) is 2.89. The number of ketones is 1. The van der Waals surface area contributed by atoms with Crippen LogP contribution in [0.25, 0.3) is 0 Å². The van der Waals surface area contributed by atoms with Gasteiger partial charge in [-0.2, -0.15) is 0 Å². The van der Waals surface area contributed by atoms with Gasteiger partial charge in [0.25, 0.3) is 0 Å². The summed E-state index contributed by atoms with van der Waals surface area (Å²) in [6, 6.07) is 20.3. The molecule has 1 amide bonds. The molecule has 0 bridgehead atoms. The van der Waals surface area contributed by atoms with Crippen molar-refractivity contribution in [3.05, 3.63) is 83.4 Å². The largest absolute Gasteiger partial charge is 0.493 e. The van der Waals surface area contributed by atoms with Gasteiger partial charge in [-0.1, -0.05) is 23.7 Å². The van der Waals surface area contributed by atoms with Crippen molar-refractivity contribution < 1.29 is 28.6 Å². The maximum absolute atomic E-state index is 12.7. The fraction of sp³-hybridized carbons (Fsp3) is 0.222. The highest BCUT2D eigenvalue weighted by Gasteiger charge is 2.24. The number of ether oxygens (including phenoxy) is 3. The summed E-state index contributed by atoms with van der Waals surface area (Å²) in [7, 11) is 1.56. The lowest BCUT2D eigenvalue weighted by atomic mass is 10.0. The number of nitrogens with one attached hydrogen (secondary N) is 1. The first-order valence-electron chi connectivity index (χ1n) is 11.2. The van der Waals surface area contributed by atoms with Gasteiger partial charge in [-0.25, -0.2) is 0 Å². The Bertz CT molecular complexity index is 1180. The highest BCUT2D eigenvalue weighted by molar-refractivity contribution is 6.30. The lowest BCUT2D eigenvalue weighted by Gasteiger charge is -2.16. The van der Waals surface area contributed by atoms with Crippen LogP contribution in [0.5, 0.6) is 17.2 Å². The quantitative estimate of drug-likeness (QED) is 0.168. The molecule has 0 saturated carbocycles. The first kappa shape index (κ1) is 27.0. The zero-order chi connectivity index (χ0) is 25.9. The number of hydrogen-bond acceptors (Lipinski definition) is 6. The molecule has 9 heteroatoms. The van der Waals surface area contributed by atoms with Crippen molar-refractivity contribution >= 4 is 46.5 Å². The maximum atomic E-state index is 12.7. The van der Waals surface area contributed by atoms with Gasteiger partial charge in [0.05, 0.1) is 13.5 Å². The Morgan fingerprint density at radius 3 is 2.19 bits per heavy atom. The van der Waals surface area contributed by atoms with E-state index in [2.05, 4.69) is 5.32 Å². The molecule has 0 fully saturated rings. The molecular weight excluding hydrogens is 505 g/mol. The summed E-state index contributed by atoms with van der Waals surface area (Å²) in [5, 5.41) is 3.20. The van der Waals surface area contributed by atoms with Crippen LogP contribution in [0.4, 0.5) is 5.69 Å². The standard InChI is InChI=1S/C27H25Cl2NO6/c1-34-22-4-2-3-5-23(22)35-21-12-10-20(11-13-21)30-25(31)14-15-26(32)36-24(16-17-28)27(33)18-6-8-19(29)9-7-18/h2-13,24H,14-17H2,1H3,(H,30,31). The summed E-state index contributed by atoms with van der Waals surface area (Å²) in [6.07, 6.45) is -1.17. The number of hydrogen-bond donors (Lipinski definition) is 1. The number of esters is 1. The number of alkyl halides is 1. The molecule has 36 heavy (non-hydrogen) atoms. The van der Waals surface area contributed by atoms with E-state index in [9.17, 15) is 14.4 Å². The molecule has 1 N–H and O–H groups in total. The second kappa shape index (κ2) is 13.5. The molecule has 0 aliphatic carbocycles. The number of benzene rings is 3. The Kier molecular flexibility index (Phi) is 10.2. The van der Waals surface area contributed by atoms with Gasteiger partial charge in [0.15, 0.2) is 17.6 Å². The number of anilines is 1. The van der Waals surface area contributed by atoms with Crippen molar-refractivity contribution in [2.75, 3.05) is 18.3 Å². The third-order valence-corrected chi connectivity index (χ3v) is 5.53. The fourth-order valence-corrected chi connectivity index (χ4v) is 3.56. The smallest absolute Gasteiger partial charge is 0.307 e. The van der Waals surface area contributed by atoms with E-state index in [1.807, 2.05) is 12.1 Å². The van der Waals surface area contributed by atoms with E-state index in [-0.39, 0.29) is 36.8 Å². The summed E-state index contributed by atoms with van der Waals surface area (Å²) in [5.41, 5.74) is 0.900. The average molecular weight is 530 g/mol. The minimum Gasteiger partial charge on any atom is -0.493 e. The number of Topliss-reactive ketones (excluding diaryl/α,β-unsaturated/α-hetero) is 1. The van der Waals surface area contributed by atoms with E-state index in [0.29, 0.717) is 33.5 Å². The SMILES string of the molecule is COc1ccccc1Oc1ccc(NC(=O)CCC(=O)OC(CCCl)C(=O)c2ccc(Cl)cc2)cc1. The third-order valence-electron chi connectivity index (χ3n) is 5.06. The Morgan fingerprint density at radius 1 is 0.889 bits per heavy atom. The highest BCUT2D eigenvalue weighted by Crippen LogP contribution is 2.31. The maximum Gasteiger partial charge on any atom is 0.307 e. The molecule has 188 valence electrons. The summed E-state index contributed by atoms with van der Waals surface area (Å²) < 4.78 is 16.4. The number of para-hydroxylation sites is 2. The van der Waals surface area contributed by atoms with Crippen molar-refractivity contribution in [1.82, 2.24) is 0 Å². The zero-order valence-electron chi connectivity index (χ0n) is 19.5. The number of halogens is 2. The molecule has 0 radical (unpaired) electrons. The summed E-state index contributed by atoms with van der Waals surface area (Å²) in [5.74, 6) is 0.458. The molecule has 3 rings (SSSR count). The molecule has 1 atom stereocenters. The van der Waals surface area contributed by atoms with E-state index in [1.54, 1.807) is 67.8 Å². The lowest BCUT2D eigenvalue weighted by molar-refractivity contribution is -0.148. The van der Waals surface area contributed by atoms with Crippen LogP contribution in [-0.2, 0) is 14.3 Å². The van der Waals surface area contributed by atoms with Gasteiger partial charge in [0.1, 0.15) is 5.75 Å². The van der Waals surface area contributed by atoms with Crippen LogP contribution in [-0.4, -0.2) is 36.8 Å². The Morgan fingerprint density at radius 2 is 1.56 bits per heavy atom. The summed E-state index contributed by atoms with van der Waals surface area (Å²) >= 11 is 11.6. The fourth-order valence-electron chi connectivity index (χ4n) is 3.24. The van der Waals surface area contributed by atoms with Crippen LogP contribution in [0, 0.1) is 0 Å². The van der Waals surface area contributed by atoms with E-state index in [4.69, 9.17) is 37.4 Å². The van der Waals surface area contributed by atoms with Gasteiger partial charge in [-0.3, -0.25) is 14.4 Å². The van der Waals surface area contributed by atoms with Gasteiger partial charge in [0.2, 0.25) is 11.7 Å². The molecular formula is C27H25Cl2NO6. The second-order valence-corrected chi connectivity index (χ2v) is 8.47. The predicted molar refractivity (Wildman–Crippen MR) is 138 cm³/mol. The Labute approximate surface area is 219 Å². The van der Waals surface area contributed by atoms with Gasteiger partial charge in [-0.05, 0) is 60.7 Å². The van der Waals surface area contributed by atoms with Crippen LogP contribution in [0.1, 0.15) is 29.6 Å². The second-order valence-electron chi connectivity index (χ2n) is 7.65. The minimum absolute atomic E-state index is 0.110. The number of amides is 1. The van der Waals surface area contributed by atoms with Crippen LogP contribution >= 0.6 is 23.2 Å². The molecule has 1 unspecified atom stereocenters. The molecule has 3 aromatic rings. The van der Waals surface area contributed by atoms with Crippen molar-refractivity contribution in [2.45, 2.75) is 25.4 Å². The van der Waals surface area contributed by atoms with E-state index >= 15 is 0 Å². The van der Waals surface area contributed by atoms with Crippen LogP contribution in [0.3, 0.4) is 0 Å². The van der Waals surface area contributed by atoms with Gasteiger partial charge in [0, 0.05) is 35.0 Å². The topological polar surface area (TPSA) is 90.9 Å². The number of carbonyl (C=O) groups is 3. The zero-order valence-corrected chi connectivity index (χ0v) is 21.1. The highest BCUT2D eigenvalue weighted by atomic mass is 35.5. The van der Waals surface area contributed by atoms with Crippen molar-refractivity contribution in [2.24, 2.45) is 0 Å². The lowest BCUT2D eigenvalue weighted by Crippen LogP contribution is -2.28. The van der Waals surface area contributed by atoms with Crippen molar-refractivity contribution in [3.8, 4) is 17.2 Å².